The van der Waals surface area contributed by atoms with Crippen molar-refractivity contribution in [2.75, 3.05) is 0 Å². The summed E-state index contributed by atoms with van der Waals surface area (Å²) in [6, 6.07) is 20.1. The third-order valence-electron chi connectivity index (χ3n) is 4.72. The molecule has 0 amide bonds. The SMILES string of the molecule is Cc1ccc2c(Cl)c(C3=N/C(=C/c4cccc5ccccc45)C(=O)O3)sc2c1. The molecule has 0 atom stereocenters. The fourth-order valence-corrected chi connectivity index (χ4v) is 4.88. The largest absolute Gasteiger partial charge is 0.401 e. The van der Waals surface area contributed by atoms with E-state index in [1.54, 1.807) is 6.08 Å². The number of aliphatic imine (C=N–C) groups is 1. The van der Waals surface area contributed by atoms with Crippen molar-refractivity contribution in [3.05, 3.63) is 87.4 Å². The number of benzene rings is 3. The summed E-state index contributed by atoms with van der Waals surface area (Å²) in [7, 11) is 0. The Hall–Kier alpha value is -2.95. The maximum Gasteiger partial charge on any atom is 0.363 e. The van der Waals surface area contributed by atoms with Crippen LogP contribution in [0.2, 0.25) is 5.02 Å². The molecule has 3 aromatic carbocycles. The van der Waals surface area contributed by atoms with Gasteiger partial charge in [0, 0.05) is 10.1 Å². The number of hydrogen-bond donors (Lipinski definition) is 0. The average Bonchev–Trinajstić information content (AvgIpc) is 3.21. The zero-order chi connectivity index (χ0) is 19.3. The van der Waals surface area contributed by atoms with E-state index < -0.39 is 5.97 Å². The maximum atomic E-state index is 12.4. The van der Waals surface area contributed by atoms with E-state index in [4.69, 9.17) is 16.3 Å². The van der Waals surface area contributed by atoms with Crippen molar-refractivity contribution in [2.24, 2.45) is 4.99 Å². The van der Waals surface area contributed by atoms with Gasteiger partial charge in [-0.1, -0.05) is 66.2 Å². The van der Waals surface area contributed by atoms with Gasteiger partial charge < -0.3 is 4.74 Å². The van der Waals surface area contributed by atoms with Crippen LogP contribution in [0.15, 0.2) is 71.4 Å². The van der Waals surface area contributed by atoms with Crippen LogP contribution >= 0.6 is 22.9 Å². The predicted molar refractivity (Wildman–Crippen MR) is 116 cm³/mol. The van der Waals surface area contributed by atoms with Gasteiger partial charge >= 0.3 is 5.97 Å². The molecule has 1 aromatic heterocycles. The van der Waals surface area contributed by atoms with E-state index >= 15 is 0 Å². The molecule has 5 rings (SSSR count). The number of esters is 1. The van der Waals surface area contributed by atoms with Gasteiger partial charge in [0.05, 0.1) is 5.02 Å². The number of fused-ring (bicyclic) bond motifs is 2. The number of nitrogens with zero attached hydrogens (tertiary/aromatic N) is 1. The molecule has 3 nitrogen and oxygen atoms in total. The molecular formula is C23H14ClNO2S. The second kappa shape index (κ2) is 6.59. The smallest absolute Gasteiger partial charge is 0.363 e. The van der Waals surface area contributed by atoms with E-state index in [2.05, 4.69) is 11.1 Å². The van der Waals surface area contributed by atoms with E-state index in [0.29, 0.717) is 9.90 Å². The molecule has 0 unspecified atom stereocenters. The average molecular weight is 404 g/mol. The predicted octanol–water partition coefficient (Wildman–Crippen LogP) is 6.36. The van der Waals surface area contributed by atoms with Gasteiger partial charge in [0.15, 0.2) is 5.70 Å². The molecule has 4 aromatic rings. The lowest BCUT2D eigenvalue weighted by Gasteiger charge is -2.01. The fraction of sp³-hybridized carbons (Fsp3) is 0.0435. The van der Waals surface area contributed by atoms with Gasteiger partial charge in [-0.25, -0.2) is 9.79 Å². The lowest BCUT2D eigenvalue weighted by atomic mass is 10.0. The molecule has 0 spiro atoms. The molecule has 0 bridgehead atoms. The summed E-state index contributed by atoms with van der Waals surface area (Å²) < 4.78 is 6.50. The molecule has 1 aliphatic rings. The topological polar surface area (TPSA) is 38.7 Å². The zero-order valence-corrected chi connectivity index (χ0v) is 16.5. The van der Waals surface area contributed by atoms with Gasteiger partial charge in [0.2, 0.25) is 5.90 Å². The van der Waals surface area contributed by atoms with Crippen molar-refractivity contribution in [3.8, 4) is 0 Å². The van der Waals surface area contributed by atoms with Crippen LogP contribution < -0.4 is 0 Å². The van der Waals surface area contributed by atoms with Gasteiger partial charge in [0.25, 0.3) is 0 Å². The van der Waals surface area contributed by atoms with Crippen LogP contribution in [0.4, 0.5) is 0 Å². The highest BCUT2D eigenvalue weighted by atomic mass is 35.5. The van der Waals surface area contributed by atoms with Gasteiger partial charge in [-0.15, -0.1) is 11.3 Å². The highest BCUT2D eigenvalue weighted by Crippen LogP contribution is 2.38. The van der Waals surface area contributed by atoms with Crippen LogP contribution in [0.5, 0.6) is 0 Å². The fourth-order valence-electron chi connectivity index (χ4n) is 3.34. The van der Waals surface area contributed by atoms with Gasteiger partial charge in [-0.05, 0) is 41.0 Å². The van der Waals surface area contributed by atoms with Crippen LogP contribution in [-0.4, -0.2) is 11.9 Å². The van der Waals surface area contributed by atoms with E-state index in [1.807, 2.05) is 61.5 Å². The molecule has 0 saturated carbocycles. The van der Waals surface area contributed by atoms with Crippen LogP contribution in [0, 0.1) is 6.92 Å². The van der Waals surface area contributed by atoms with Crippen molar-refractivity contribution in [3.63, 3.8) is 0 Å². The lowest BCUT2D eigenvalue weighted by Crippen LogP contribution is -2.04. The number of halogens is 1. The Bertz CT molecular complexity index is 1330. The maximum absolute atomic E-state index is 12.4. The van der Waals surface area contributed by atoms with Gasteiger partial charge in [-0.2, -0.15) is 0 Å². The summed E-state index contributed by atoms with van der Waals surface area (Å²) in [5.41, 5.74) is 2.35. The third kappa shape index (κ3) is 2.82. The van der Waals surface area contributed by atoms with Gasteiger partial charge in [0.1, 0.15) is 4.88 Å². The number of hydrogen-bond acceptors (Lipinski definition) is 4. The highest BCUT2D eigenvalue weighted by Gasteiger charge is 2.28. The second-order valence-corrected chi connectivity index (χ2v) is 8.08. The molecule has 5 heteroatoms. The number of carbonyl (C=O) groups excluding carboxylic acids is 1. The van der Waals surface area contributed by atoms with E-state index in [0.717, 1.165) is 32.0 Å². The Labute approximate surface area is 170 Å². The van der Waals surface area contributed by atoms with Crippen molar-refractivity contribution in [2.45, 2.75) is 6.92 Å². The number of cyclic esters (lactones) is 1. The van der Waals surface area contributed by atoms with Crippen LogP contribution in [0.25, 0.3) is 26.9 Å². The van der Waals surface area contributed by atoms with Crippen molar-refractivity contribution >= 4 is 61.7 Å². The Morgan fingerprint density at radius 1 is 1.04 bits per heavy atom. The summed E-state index contributed by atoms with van der Waals surface area (Å²) in [4.78, 5) is 17.6. The van der Waals surface area contributed by atoms with E-state index in [9.17, 15) is 4.79 Å². The first-order chi connectivity index (χ1) is 13.6. The summed E-state index contributed by atoms with van der Waals surface area (Å²) in [5.74, 6) is -0.201. The van der Waals surface area contributed by atoms with E-state index in [1.165, 1.54) is 11.3 Å². The summed E-state index contributed by atoms with van der Waals surface area (Å²) in [6.07, 6.45) is 1.77. The molecule has 28 heavy (non-hydrogen) atoms. The minimum absolute atomic E-state index is 0.264. The highest BCUT2D eigenvalue weighted by molar-refractivity contribution is 7.21. The number of carbonyl (C=O) groups is 1. The molecular weight excluding hydrogens is 390 g/mol. The standard InChI is InChI=1S/C23H14ClNO2S/c1-13-9-10-17-19(11-13)28-21(20(17)24)22-25-18(23(26)27-22)12-15-7-4-6-14-5-2-3-8-16(14)15/h2-12H,1H3/b18-12+. The summed E-state index contributed by atoms with van der Waals surface area (Å²) in [6.45, 7) is 2.03. The number of ether oxygens (including phenoxy) is 1. The molecule has 0 N–H and O–H groups in total. The number of aryl methyl sites for hydroxylation is 1. The molecule has 1 aliphatic heterocycles. The normalized spacial score (nSPS) is 15.4. The molecule has 0 aliphatic carbocycles. The first-order valence-electron chi connectivity index (χ1n) is 8.79. The minimum Gasteiger partial charge on any atom is -0.401 e. The van der Waals surface area contributed by atoms with Crippen molar-refractivity contribution in [1.29, 1.82) is 0 Å². The summed E-state index contributed by atoms with van der Waals surface area (Å²) in [5, 5.41) is 3.68. The molecule has 0 radical (unpaired) electrons. The first kappa shape index (κ1) is 17.2. The second-order valence-electron chi connectivity index (χ2n) is 6.65. The van der Waals surface area contributed by atoms with Gasteiger partial charge in [-0.3, -0.25) is 0 Å². The Morgan fingerprint density at radius 3 is 2.75 bits per heavy atom. The minimum atomic E-state index is -0.465. The Kier molecular flexibility index (Phi) is 4.04. The Morgan fingerprint density at radius 2 is 1.86 bits per heavy atom. The Balaban J connectivity index is 1.61. The van der Waals surface area contributed by atoms with Crippen LogP contribution in [0.1, 0.15) is 16.0 Å². The van der Waals surface area contributed by atoms with Crippen LogP contribution in [0.3, 0.4) is 0 Å². The molecule has 0 saturated heterocycles. The lowest BCUT2D eigenvalue weighted by molar-refractivity contribution is -0.129. The van der Waals surface area contributed by atoms with Crippen molar-refractivity contribution < 1.29 is 9.53 Å². The van der Waals surface area contributed by atoms with Crippen LogP contribution in [-0.2, 0) is 9.53 Å². The molecule has 0 fully saturated rings. The molecule has 2 heterocycles. The number of rotatable bonds is 2. The summed E-state index contributed by atoms with van der Waals surface area (Å²) >= 11 is 8.02. The number of thiophene rings is 1. The first-order valence-corrected chi connectivity index (χ1v) is 9.99. The monoisotopic (exact) mass is 403 g/mol. The van der Waals surface area contributed by atoms with Crippen molar-refractivity contribution in [1.82, 2.24) is 0 Å². The molecule has 136 valence electrons. The van der Waals surface area contributed by atoms with E-state index in [-0.39, 0.29) is 11.6 Å². The third-order valence-corrected chi connectivity index (χ3v) is 6.36. The zero-order valence-electron chi connectivity index (χ0n) is 14.9. The quantitative estimate of drug-likeness (QED) is 0.288.